The molecule has 0 spiro atoms. The summed E-state index contributed by atoms with van der Waals surface area (Å²) in [6, 6.07) is 7.75. The van der Waals surface area contributed by atoms with Crippen molar-refractivity contribution in [1.82, 2.24) is 14.2 Å². The van der Waals surface area contributed by atoms with E-state index in [0.29, 0.717) is 11.2 Å². The van der Waals surface area contributed by atoms with E-state index < -0.39 is 27.6 Å². The molecule has 0 aliphatic carbocycles. The van der Waals surface area contributed by atoms with Crippen LogP contribution in [-0.4, -0.2) is 80.0 Å². The molecule has 2 atom stereocenters. The van der Waals surface area contributed by atoms with E-state index in [2.05, 4.69) is 9.88 Å². The van der Waals surface area contributed by atoms with E-state index in [4.69, 9.17) is 4.74 Å². The second-order valence-electron chi connectivity index (χ2n) is 9.32. The fraction of sp³-hybridized carbons (Fsp3) is 0.462. The van der Waals surface area contributed by atoms with Gasteiger partial charge in [-0.1, -0.05) is 25.2 Å². The van der Waals surface area contributed by atoms with E-state index in [0.717, 1.165) is 30.5 Å². The number of hydrogen-bond acceptors (Lipinski definition) is 7. The number of halogens is 3. The van der Waals surface area contributed by atoms with Gasteiger partial charge in [0.05, 0.1) is 21.8 Å². The molecule has 2 heterocycles. The van der Waals surface area contributed by atoms with Gasteiger partial charge in [0.2, 0.25) is 10.0 Å². The quantitative estimate of drug-likeness (QED) is 0.351. The highest BCUT2D eigenvalue weighted by Crippen LogP contribution is 2.32. The fourth-order valence-corrected chi connectivity index (χ4v) is 7.15. The molecule has 1 aromatic heterocycles. The second kappa shape index (κ2) is 13.0. The molecule has 0 N–H and O–H groups in total. The van der Waals surface area contributed by atoms with Crippen molar-refractivity contribution in [2.24, 2.45) is 0 Å². The monoisotopic (exact) mass is 602 g/mol. The van der Waals surface area contributed by atoms with E-state index in [-0.39, 0.29) is 65.4 Å². The number of sulfonamides is 1. The van der Waals surface area contributed by atoms with E-state index in [1.165, 1.54) is 39.5 Å². The molecule has 0 bridgehead atoms. The van der Waals surface area contributed by atoms with Gasteiger partial charge in [-0.25, -0.2) is 22.2 Å². The van der Waals surface area contributed by atoms with E-state index in [9.17, 15) is 22.0 Å². The van der Waals surface area contributed by atoms with Gasteiger partial charge in [0.25, 0.3) is 5.91 Å². The Labute approximate surface area is 238 Å². The van der Waals surface area contributed by atoms with Gasteiger partial charge in [0.1, 0.15) is 11.3 Å². The van der Waals surface area contributed by atoms with Gasteiger partial charge in [0, 0.05) is 37.8 Å². The lowest BCUT2D eigenvalue weighted by Crippen LogP contribution is -2.48. The Bertz CT molecular complexity index is 1390. The predicted molar refractivity (Wildman–Crippen MR) is 151 cm³/mol. The van der Waals surface area contributed by atoms with Crippen LogP contribution in [0.2, 0.25) is 0 Å². The van der Waals surface area contributed by atoms with E-state index in [1.54, 1.807) is 0 Å². The molecule has 0 saturated carbocycles. The van der Waals surface area contributed by atoms with Crippen LogP contribution in [0, 0.1) is 11.6 Å². The molecular formula is C26H33ClF2N4O4S2. The minimum absolute atomic E-state index is 0. The third kappa shape index (κ3) is 6.93. The average molecular weight is 603 g/mol. The van der Waals surface area contributed by atoms with Crippen LogP contribution in [0.25, 0.3) is 10.2 Å². The van der Waals surface area contributed by atoms with Crippen LogP contribution >= 0.6 is 23.7 Å². The van der Waals surface area contributed by atoms with Gasteiger partial charge >= 0.3 is 0 Å². The Morgan fingerprint density at radius 2 is 1.69 bits per heavy atom. The van der Waals surface area contributed by atoms with Crippen molar-refractivity contribution < 1.29 is 26.7 Å². The topological polar surface area (TPSA) is 83.1 Å². The summed E-state index contributed by atoms with van der Waals surface area (Å²) >= 11 is 1.03. The maximum Gasteiger partial charge on any atom is 0.260 e. The lowest BCUT2D eigenvalue weighted by Gasteiger charge is -2.34. The van der Waals surface area contributed by atoms with Crippen molar-refractivity contribution in [3.8, 4) is 0 Å². The molecule has 1 fully saturated rings. The first kappa shape index (κ1) is 31.3. The highest BCUT2D eigenvalue weighted by atomic mass is 35.5. The summed E-state index contributed by atoms with van der Waals surface area (Å²) in [5.74, 6) is -1.92. The van der Waals surface area contributed by atoms with Crippen molar-refractivity contribution in [1.29, 1.82) is 0 Å². The van der Waals surface area contributed by atoms with Crippen LogP contribution in [-0.2, 0) is 14.8 Å². The third-order valence-corrected chi connectivity index (χ3v) is 9.41. The lowest BCUT2D eigenvalue weighted by atomic mass is 10.2. The number of carbonyl (C=O) groups excluding carboxylic acids is 1. The zero-order valence-electron chi connectivity index (χ0n) is 22.3. The zero-order chi connectivity index (χ0) is 27.6. The van der Waals surface area contributed by atoms with Crippen LogP contribution in [0.1, 0.15) is 38.1 Å². The molecule has 1 aliphatic rings. The van der Waals surface area contributed by atoms with Crippen molar-refractivity contribution in [2.75, 3.05) is 44.2 Å². The van der Waals surface area contributed by atoms with Crippen molar-refractivity contribution in [2.45, 2.75) is 44.8 Å². The predicted octanol–water partition coefficient (Wildman–Crippen LogP) is 4.78. The van der Waals surface area contributed by atoms with Gasteiger partial charge in [-0.2, -0.15) is 4.31 Å². The Morgan fingerprint density at radius 3 is 2.28 bits per heavy atom. The van der Waals surface area contributed by atoms with Crippen LogP contribution in [0.15, 0.2) is 41.3 Å². The van der Waals surface area contributed by atoms with Gasteiger partial charge in [0.15, 0.2) is 10.9 Å². The first-order valence-corrected chi connectivity index (χ1v) is 14.8. The van der Waals surface area contributed by atoms with Crippen LogP contribution in [0.4, 0.5) is 13.9 Å². The number of amides is 1. The number of hydrogen-bond donors (Lipinski definition) is 0. The van der Waals surface area contributed by atoms with E-state index in [1.807, 2.05) is 27.7 Å². The number of fused-ring (bicyclic) bond motifs is 1. The number of likely N-dealkylation sites (N-methyl/N-ethyl adjacent to an activating group) is 1. The molecule has 2 aromatic carbocycles. The van der Waals surface area contributed by atoms with Crippen molar-refractivity contribution >= 4 is 55.0 Å². The Hall–Kier alpha value is -2.22. The molecule has 1 amide bonds. The Kier molecular flexibility index (Phi) is 10.4. The lowest BCUT2D eigenvalue weighted by molar-refractivity contribution is -0.0440. The van der Waals surface area contributed by atoms with Crippen molar-refractivity contribution in [3.63, 3.8) is 0 Å². The summed E-state index contributed by atoms with van der Waals surface area (Å²) in [7, 11) is -3.76. The normalized spacial score (nSPS) is 18.3. The number of anilines is 1. The Morgan fingerprint density at radius 1 is 1.08 bits per heavy atom. The summed E-state index contributed by atoms with van der Waals surface area (Å²) in [5, 5.41) is 0.245. The molecule has 39 heavy (non-hydrogen) atoms. The van der Waals surface area contributed by atoms with Gasteiger partial charge in [-0.3, -0.25) is 9.69 Å². The van der Waals surface area contributed by atoms with Crippen LogP contribution < -0.4 is 4.90 Å². The average Bonchev–Trinajstić information content (AvgIpc) is 3.30. The number of rotatable bonds is 9. The second-order valence-corrected chi connectivity index (χ2v) is 12.3. The summed E-state index contributed by atoms with van der Waals surface area (Å²) in [5.41, 5.74) is 0.264. The molecule has 8 nitrogen and oxygen atoms in total. The molecule has 3 aromatic rings. The first-order valence-electron chi connectivity index (χ1n) is 12.6. The van der Waals surface area contributed by atoms with Gasteiger partial charge in [-0.15, -0.1) is 12.4 Å². The molecule has 13 heteroatoms. The molecule has 4 rings (SSSR count). The number of nitrogens with zero attached hydrogens (tertiary/aromatic N) is 4. The highest BCUT2D eigenvalue weighted by molar-refractivity contribution is 7.89. The van der Waals surface area contributed by atoms with Crippen LogP contribution in [0.3, 0.4) is 0 Å². The largest absolute Gasteiger partial charge is 0.373 e. The third-order valence-electron chi connectivity index (χ3n) is 6.54. The number of thiazole rings is 1. The summed E-state index contributed by atoms with van der Waals surface area (Å²) in [6.07, 6.45) is -0.443. The summed E-state index contributed by atoms with van der Waals surface area (Å²) in [6.45, 7) is 10.6. The fourth-order valence-electron chi connectivity index (χ4n) is 4.53. The van der Waals surface area contributed by atoms with Crippen LogP contribution in [0.5, 0.6) is 0 Å². The number of ether oxygens (including phenoxy) is 1. The summed E-state index contributed by atoms with van der Waals surface area (Å²) < 4.78 is 61.9. The maximum absolute atomic E-state index is 14.4. The minimum atomic E-state index is -3.76. The number of morpholine rings is 1. The molecule has 0 radical (unpaired) electrons. The number of benzene rings is 2. The molecular weight excluding hydrogens is 570 g/mol. The summed E-state index contributed by atoms with van der Waals surface area (Å²) in [4.78, 5) is 21.6. The van der Waals surface area contributed by atoms with Crippen molar-refractivity contribution in [3.05, 3.63) is 53.6 Å². The zero-order valence-corrected chi connectivity index (χ0v) is 24.7. The number of carbonyl (C=O) groups is 1. The molecule has 2 unspecified atom stereocenters. The maximum atomic E-state index is 14.4. The SMILES string of the molecule is CCN(CC)CCN(C(=O)c1ccc(S(=O)(=O)N2CC(C)OC(C)C2)cc1)c1nc2c(F)cc(F)cc2s1.Cl. The van der Waals surface area contributed by atoms with Gasteiger partial charge in [-0.05, 0) is 57.3 Å². The number of aromatic nitrogens is 1. The Balaban J connectivity index is 0.00000420. The smallest absolute Gasteiger partial charge is 0.260 e. The molecule has 1 saturated heterocycles. The first-order chi connectivity index (χ1) is 18.0. The standard InChI is InChI=1S/C26H32F2N4O4S2.ClH/c1-5-30(6-2)11-12-32(26-29-24-22(28)13-20(27)14-23(24)37-26)25(33)19-7-9-21(10-8-19)38(34,35)31-15-17(3)36-18(4)16-31;/h7-10,13-14,17-18H,5-6,11-12,15-16H2,1-4H3;1H. The minimum Gasteiger partial charge on any atom is -0.373 e. The molecule has 214 valence electrons. The van der Waals surface area contributed by atoms with Gasteiger partial charge < -0.3 is 9.64 Å². The molecule has 1 aliphatic heterocycles. The van der Waals surface area contributed by atoms with E-state index >= 15 is 0 Å². The highest BCUT2D eigenvalue weighted by Gasteiger charge is 2.32.